The summed E-state index contributed by atoms with van der Waals surface area (Å²) >= 11 is 0. The zero-order chi connectivity index (χ0) is 8.59. The summed E-state index contributed by atoms with van der Waals surface area (Å²) in [4.78, 5) is 0. The lowest BCUT2D eigenvalue weighted by Crippen LogP contribution is -1.95. The van der Waals surface area contributed by atoms with Crippen LogP contribution in [0.3, 0.4) is 0 Å². The second-order valence-corrected chi connectivity index (χ2v) is 3.07. The third-order valence-electron chi connectivity index (χ3n) is 1.91. The first-order chi connectivity index (χ1) is 5.04. The van der Waals surface area contributed by atoms with E-state index in [1.54, 1.807) is 11.7 Å². The number of hydrogen-bond donors (Lipinski definition) is 0. The van der Waals surface area contributed by atoms with Crippen LogP contribution in [0.5, 0.6) is 0 Å². The molecule has 2 nitrogen and oxygen atoms in total. The summed E-state index contributed by atoms with van der Waals surface area (Å²) in [5.74, 6) is -0.122. The summed E-state index contributed by atoms with van der Waals surface area (Å²) in [7, 11) is 1.75. The zero-order valence-corrected chi connectivity index (χ0v) is 7.35. The van der Waals surface area contributed by atoms with Gasteiger partial charge in [-0.3, -0.25) is 4.68 Å². The van der Waals surface area contributed by atoms with Crippen molar-refractivity contribution in [1.29, 1.82) is 0 Å². The molecule has 0 saturated carbocycles. The standard InChI is InChI=1S/C8H13FN2/c1-5(2)7-6(3)11(4)10-8(7)9/h5H,1-4H3. The summed E-state index contributed by atoms with van der Waals surface area (Å²) in [6.45, 7) is 5.81. The Morgan fingerprint density at radius 3 is 2.18 bits per heavy atom. The molecule has 11 heavy (non-hydrogen) atoms. The molecule has 62 valence electrons. The van der Waals surface area contributed by atoms with Gasteiger partial charge in [-0.05, 0) is 12.8 Å². The molecule has 0 spiro atoms. The molecule has 0 amide bonds. The molecule has 1 aromatic rings. The minimum atomic E-state index is -0.333. The minimum Gasteiger partial charge on any atom is -0.270 e. The van der Waals surface area contributed by atoms with Gasteiger partial charge in [0.1, 0.15) is 0 Å². The van der Waals surface area contributed by atoms with Crippen molar-refractivity contribution in [3.05, 3.63) is 17.2 Å². The van der Waals surface area contributed by atoms with E-state index in [1.807, 2.05) is 20.8 Å². The average Bonchev–Trinajstić information content (AvgIpc) is 2.07. The predicted molar refractivity (Wildman–Crippen MR) is 42.0 cm³/mol. The van der Waals surface area contributed by atoms with Gasteiger partial charge in [-0.1, -0.05) is 13.8 Å². The van der Waals surface area contributed by atoms with Crippen LogP contribution in [0, 0.1) is 12.9 Å². The minimum absolute atomic E-state index is 0.212. The van der Waals surface area contributed by atoms with E-state index in [0.29, 0.717) is 0 Å². The Morgan fingerprint density at radius 1 is 1.45 bits per heavy atom. The third kappa shape index (κ3) is 1.27. The maximum atomic E-state index is 13.0. The molecule has 0 unspecified atom stereocenters. The van der Waals surface area contributed by atoms with Gasteiger partial charge in [0.05, 0.1) is 0 Å². The molecule has 0 aliphatic carbocycles. The first-order valence-electron chi connectivity index (χ1n) is 3.73. The molecule has 3 heteroatoms. The highest BCUT2D eigenvalue weighted by Crippen LogP contribution is 2.20. The Morgan fingerprint density at radius 2 is 2.00 bits per heavy atom. The van der Waals surface area contributed by atoms with E-state index in [4.69, 9.17) is 0 Å². The summed E-state index contributed by atoms with van der Waals surface area (Å²) in [5, 5.41) is 3.68. The Bertz CT molecular complexity index is 263. The topological polar surface area (TPSA) is 17.8 Å². The molecule has 0 radical (unpaired) electrons. The SMILES string of the molecule is Cc1c(C(C)C)c(F)nn1C. The van der Waals surface area contributed by atoms with Gasteiger partial charge in [0.15, 0.2) is 0 Å². The number of hydrogen-bond acceptors (Lipinski definition) is 1. The van der Waals surface area contributed by atoms with Gasteiger partial charge in [0, 0.05) is 18.3 Å². The molecule has 0 aliphatic heterocycles. The Hall–Kier alpha value is -0.860. The van der Waals surface area contributed by atoms with Crippen LogP contribution in [0.25, 0.3) is 0 Å². The lowest BCUT2D eigenvalue weighted by Gasteiger charge is -2.02. The summed E-state index contributed by atoms with van der Waals surface area (Å²) in [6, 6.07) is 0. The molecule has 0 aliphatic rings. The fraction of sp³-hybridized carbons (Fsp3) is 0.625. The van der Waals surface area contributed by atoms with Gasteiger partial charge in [-0.2, -0.15) is 4.39 Å². The van der Waals surface area contributed by atoms with Crippen molar-refractivity contribution < 1.29 is 4.39 Å². The van der Waals surface area contributed by atoms with Crippen molar-refractivity contribution in [2.24, 2.45) is 7.05 Å². The van der Waals surface area contributed by atoms with Crippen LogP contribution in [0.1, 0.15) is 31.0 Å². The molecule has 0 N–H and O–H groups in total. The number of aryl methyl sites for hydroxylation is 1. The zero-order valence-electron chi connectivity index (χ0n) is 7.35. The molecule has 1 heterocycles. The largest absolute Gasteiger partial charge is 0.270 e. The van der Waals surface area contributed by atoms with E-state index >= 15 is 0 Å². The number of nitrogens with zero attached hydrogens (tertiary/aromatic N) is 2. The van der Waals surface area contributed by atoms with Crippen molar-refractivity contribution in [2.45, 2.75) is 26.7 Å². The van der Waals surface area contributed by atoms with Crippen LogP contribution >= 0.6 is 0 Å². The summed E-state index contributed by atoms with van der Waals surface area (Å²) in [5.41, 5.74) is 1.64. The predicted octanol–water partition coefficient (Wildman–Crippen LogP) is 1.99. The van der Waals surface area contributed by atoms with E-state index in [2.05, 4.69) is 5.10 Å². The van der Waals surface area contributed by atoms with Gasteiger partial charge in [0.2, 0.25) is 5.95 Å². The normalized spacial score (nSPS) is 11.1. The van der Waals surface area contributed by atoms with Gasteiger partial charge >= 0.3 is 0 Å². The van der Waals surface area contributed by atoms with E-state index in [0.717, 1.165) is 11.3 Å². The molecule has 0 aromatic carbocycles. The molecular weight excluding hydrogens is 143 g/mol. The highest BCUT2D eigenvalue weighted by Gasteiger charge is 2.14. The van der Waals surface area contributed by atoms with Crippen LogP contribution in [0.15, 0.2) is 0 Å². The van der Waals surface area contributed by atoms with Gasteiger partial charge in [0.25, 0.3) is 0 Å². The molecular formula is C8H13FN2. The molecule has 0 bridgehead atoms. The highest BCUT2D eigenvalue weighted by atomic mass is 19.1. The molecule has 1 aromatic heterocycles. The van der Waals surface area contributed by atoms with Gasteiger partial charge in [-0.25, -0.2) is 0 Å². The highest BCUT2D eigenvalue weighted by molar-refractivity contribution is 5.21. The van der Waals surface area contributed by atoms with Crippen molar-refractivity contribution in [3.8, 4) is 0 Å². The monoisotopic (exact) mass is 156 g/mol. The fourth-order valence-electron chi connectivity index (χ4n) is 1.24. The van der Waals surface area contributed by atoms with Crippen LogP contribution in [0.4, 0.5) is 4.39 Å². The van der Waals surface area contributed by atoms with Crippen molar-refractivity contribution in [3.63, 3.8) is 0 Å². The van der Waals surface area contributed by atoms with Crippen LogP contribution < -0.4 is 0 Å². The average molecular weight is 156 g/mol. The van der Waals surface area contributed by atoms with E-state index in [1.165, 1.54) is 0 Å². The number of rotatable bonds is 1. The summed E-state index contributed by atoms with van der Waals surface area (Å²) < 4.78 is 14.6. The lowest BCUT2D eigenvalue weighted by atomic mass is 10.0. The fourth-order valence-corrected chi connectivity index (χ4v) is 1.24. The van der Waals surface area contributed by atoms with Gasteiger partial charge in [-0.15, -0.1) is 5.10 Å². The number of aromatic nitrogens is 2. The van der Waals surface area contributed by atoms with E-state index in [-0.39, 0.29) is 11.9 Å². The smallest absolute Gasteiger partial charge is 0.236 e. The summed E-state index contributed by atoms with van der Waals surface area (Å²) in [6.07, 6.45) is 0. The van der Waals surface area contributed by atoms with Crippen molar-refractivity contribution in [1.82, 2.24) is 9.78 Å². The van der Waals surface area contributed by atoms with E-state index < -0.39 is 0 Å². The van der Waals surface area contributed by atoms with Crippen molar-refractivity contribution in [2.75, 3.05) is 0 Å². The Balaban J connectivity index is 3.22. The van der Waals surface area contributed by atoms with E-state index in [9.17, 15) is 4.39 Å². The Kier molecular flexibility index (Phi) is 1.98. The van der Waals surface area contributed by atoms with Crippen LogP contribution in [-0.4, -0.2) is 9.78 Å². The molecule has 0 atom stereocenters. The quantitative estimate of drug-likeness (QED) is 0.608. The first-order valence-corrected chi connectivity index (χ1v) is 3.73. The molecule has 0 fully saturated rings. The Labute approximate surface area is 66.0 Å². The third-order valence-corrected chi connectivity index (χ3v) is 1.91. The molecule has 0 saturated heterocycles. The van der Waals surface area contributed by atoms with Crippen LogP contribution in [0.2, 0.25) is 0 Å². The second-order valence-electron chi connectivity index (χ2n) is 3.07. The number of halogens is 1. The first kappa shape index (κ1) is 8.24. The van der Waals surface area contributed by atoms with Crippen molar-refractivity contribution >= 4 is 0 Å². The maximum Gasteiger partial charge on any atom is 0.236 e. The van der Waals surface area contributed by atoms with Crippen LogP contribution in [-0.2, 0) is 7.05 Å². The lowest BCUT2D eigenvalue weighted by molar-refractivity contribution is 0.539. The van der Waals surface area contributed by atoms with Gasteiger partial charge < -0.3 is 0 Å². The second kappa shape index (κ2) is 2.64. The maximum absolute atomic E-state index is 13.0. The molecule has 1 rings (SSSR count).